The van der Waals surface area contributed by atoms with Gasteiger partial charge in [0.05, 0.1) is 29.8 Å². The van der Waals surface area contributed by atoms with Crippen LogP contribution in [0.4, 0.5) is 17.6 Å². The number of carbonyl (C=O) groups is 1. The fraction of sp³-hybridized carbons (Fsp3) is 0.241. The number of thiazole rings is 1. The summed E-state index contributed by atoms with van der Waals surface area (Å²) < 4.78 is 91.6. The van der Waals surface area contributed by atoms with Gasteiger partial charge in [-0.1, -0.05) is 17.7 Å². The van der Waals surface area contributed by atoms with Crippen LogP contribution in [0.3, 0.4) is 0 Å². The summed E-state index contributed by atoms with van der Waals surface area (Å²) in [5, 5.41) is 6.13. The van der Waals surface area contributed by atoms with Crippen molar-refractivity contribution < 1.29 is 35.5 Å². The lowest BCUT2D eigenvalue weighted by atomic mass is 9.91. The Morgan fingerprint density at radius 3 is 2.61 bits per heavy atom. The molecule has 0 spiro atoms. The molecule has 2 aliphatic rings. The monoisotopic (exact) mass is 694 g/mol. The van der Waals surface area contributed by atoms with Crippen molar-refractivity contribution in [2.45, 2.75) is 29.6 Å². The first-order chi connectivity index (χ1) is 21.9. The Bertz CT molecular complexity index is 1970. The number of sulfonamides is 1. The van der Waals surface area contributed by atoms with Crippen molar-refractivity contribution in [1.82, 2.24) is 24.4 Å². The minimum atomic E-state index is -4.23. The molecule has 0 radical (unpaired) electrons. The number of methoxy groups -OCH3 is 1. The third-order valence-corrected chi connectivity index (χ3v) is 9.99. The molecule has 4 heterocycles. The number of allylic oxidation sites excluding steroid dienone is 1. The van der Waals surface area contributed by atoms with Crippen LogP contribution in [-0.4, -0.2) is 65.8 Å². The van der Waals surface area contributed by atoms with Crippen LogP contribution in [0.5, 0.6) is 0 Å². The third kappa shape index (κ3) is 6.04. The Kier molecular flexibility index (Phi) is 8.47. The van der Waals surface area contributed by atoms with Crippen molar-refractivity contribution in [3.05, 3.63) is 105 Å². The van der Waals surface area contributed by atoms with E-state index in [2.05, 4.69) is 19.5 Å². The summed E-state index contributed by atoms with van der Waals surface area (Å²) in [4.78, 5) is 22.2. The van der Waals surface area contributed by atoms with Crippen molar-refractivity contribution in [2.24, 2.45) is 4.99 Å². The molecular weight excluding hydrogens is 672 g/mol. The number of nitrogens with zero attached hydrogens (tertiary/aromatic N) is 5. The lowest BCUT2D eigenvalue weighted by molar-refractivity contribution is 0.0563. The number of halogens is 5. The Hall–Kier alpha value is -4.12. The van der Waals surface area contributed by atoms with Crippen molar-refractivity contribution in [1.29, 1.82) is 0 Å². The Morgan fingerprint density at radius 1 is 1.22 bits per heavy atom. The molecule has 10 nitrogen and oxygen atoms in total. The van der Waals surface area contributed by atoms with Crippen LogP contribution >= 0.6 is 22.9 Å². The number of hydrogen-bond donors (Lipinski definition) is 1. The van der Waals surface area contributed by atoms with Gasteiger partial charge >= 0.3 is 12.5 Å². The molecule has 4 aromatic rings. The first-order valence-electron chi connectivity index (χ1n) is 13.5. The average Bonchev–Trinajstić information content (AvgIpc) is 3.80. The second-order valence-electron chi connectivity index (χ2n) is 10.4. The van der Waals surface area contributed by atoms with Crippen LogP contribution in [0.15, 0.2) is 81.9 Å². The van der Waals surface area contributed by atoms with Gasteiger partial charge in [-0.25, -0.2) is 36.4 Å². The highest BCUT2D eigenvalue weighted by Crippen LogP contribution is 2.48. The lowest BCUT2D eigenvalue weighted by Crippen LogP contribution is -2.43. The summed E-state index contributed by atoms with van der Waals surface area (Å²) in [5.41, 5.74) is -1.16. The number of hydrogen-bond acceptors (Lipinski definition) is 9. The van der Waals surface area contributed by atoms with Crippen molar-refractivity contribution in [3.8, 4) is 0 Å². The summed E-state index contributed by atoms with van der Waals surface area (Å²) >= 11 is 7.68. The van der Waals surface area contributed by atoms with Gasteiger partial charge in [-0.05, 0) is 42.5 Å². The standard InChI is InChI=1S/C29H23ClF4N6O4S2/c1-44-27(41)16-2-5-18(6-3-16)46(42,43)36-14-29(34)13-22-23(21-8-10-40(38-21)28(32)33)24(19-7-4-17(31)12-20(19)30)37-25(39(22)15-29)26-35-9-11-45-26/h2-12,24,28,36H,13-15H2,1H3/t24-,29?/m0/s1. The van der Waals surface area contributed by atoms with Gasteiger partial charge in [-0.15, -0.1) is 11.3 Å². The van der Waals surface area contributed by atoms with Crippen LogP contribution in [0.2, 0.25) is 5.02 Å². The highest BCUT2D eigenvalue weighted by molar-refractivity contribution is 7.89. The van der Waals surface area contributed by atoms with E-state index >= 15 is 4.39 Å². The molecule has 240 valence electrons. The number of ether oxygens (including phenoxy) is 1. The molecule has 0 bridgehead atoms. The molecule has 1 fully saturated rings. The van der Waals surface area contributed by atoms with Gasteiger partial charge in [0, 0.05) is 52.6 Å². The van der Waals surface area contributed by atoms with E-state index in [1.807, 2.05) is 0 Å². The summed E-state index contributed by atoms with van der Waals surface area (Å²) in [7, 11) is -3.04. The lowest BCUT2D eigenvalue weighted by Gasteiger charge is -2.32. The molecule has 6 rings (SSSR count). The molecule has 1 unspecified atom stereocenters. The summed E-state index contributed by atoms with van der Waals surface area (Å²) in [6.07, 6.45) is 2.23. The topological polar surface area (TPSA) is 119 Å². The SMILES string of the molecule is COC(=O)c1ccc(S(=O)(=O)NCC2(F)CC3=C(c4ccn(C(F)F)n4)[C@H](c4ccc(F)cc4Cl)N=C(c4nccs4)N3C2)cc1. The van der Waals surface area contributed by atoms with Crippen LogP contribution in [-0.2, 0) is 14.8 Å². The second-order valence-corrected chi connectivity index (χ2v) is 13.5. The molecule has 17 heteroatoms. The predicted octanol–water partition coefficient (Wildman–Crippen LogP) is 5.62. The predicted molar refractivity (Wildman–Crippen MR) is 161 cm³/mol. The fourth-order valence-corrected chi connectivity index (χ4v) is 7.35. The highest BCUT2D eigenvalue weighted by Gasteiger charge is 2.49. The number of esters is 1. The van der Waals surface area contributed by atoms with E-state index in [0.29, 0.717) is 20.9 Å². The third-order valence-electron chi connectivity index (χ3n) is 7.47. The zero-order chi connectivity index (χ0) is 32.8. The fourth-order valence-electron chi connectivity index (χ4n) is 5.33. The first-order valence-corrected chi connectivity index (χ1v) is 16.3. The minimum Gasteiger partial charge on any atom is -0.465 e. The summed E-state index contributed by atoms with van der Waals surface area (Å²) in [6.45, 7) is -3.99. The molecule has 2 aromatic heterocycles. The number of aliphatic imine (C=N–C) groups is 1. The van der Waals surface area contributed by atoms with E-state index < -0.39 is 46.6 Å². The molecule has 2 aromatic carbocycles. The Morgan fingerprint density at radius 2 is 1.98 bits per heavy atom. The van der Waals surface area contributed by atoms with Crippen molar-refractivity contribution in [3.63, 3.8) is 0 Å². The highest BCUT2D eigenvalue weighted by atomic mass is 35.5. The van der Waals surface area contributed by atoms with Crippen LogP contribution in [0.25, 0.3) is 5.57 Å². The molecule has 2 aliphatic heterocycles. The molecule has 0 aliphatic carbocycles. The average molecular weight is 695 g/mol. The van der Waals surface area contributed by atoms with Crippen LogP contribution in [0.1, 0.15) is 45.6 Å². The quantitative estimate of drug-likeness (QED) is 0.179. The number of carbonyl (C=O) groups excluding carboxylic acids is 1. The summed E-state index contributed by atoms with van der Waals surface area (Å²) in [5.74, 6) is -1.02. The van der Waals surface area contributed by atoms with Crippen molar-refractivity contribution >= 4 is 50.3 Å². The molecule has 1 N–H and O–H groups in total. The number of benzene rings is 2. The molecule has 1 saturated heterocycles. The zero-order valence-electron chi connectivity index (χ0n) is 23.7. The molecule has 2 atom stereocenters. The largest absolute Gasteiger partial charge is 0.465 e. The maximum absolute atomic E-state index is 16.8. The van der Waals surface area contributed by atoms with Crippen molar-refractivity contribution in [2.75, 3.05) is 20.2 Å². The van der Waals surface area contributed by atoms with Gasteiger partial charge in [0.15, 0.2) is 10.8 Å². The van der Waals surface area contributed by atoms with Gasteiger partial charge in [0.25, 0.3) is 0 Å². The summed E-state index contributed by atoms with van der Waals surface area (Å²) in [6, 6.07) is 8.91. The van der Waals surface area contributed by atoms with E-state index in [1.165, 1.54) is 72.0 Å². The van der Waals surface area contributed by atoms with Crippen LogP contribution < -0.4 is 4.72 Å². The molecule has 0 saturated carbocycles. The number of amidine groups is 1. The maximum Gasteiger partial charge on any atom is 0.337 e. The maximum atomic E-state index is 16.8. The van der Waals surface area contributed by atoms with E-state index in [9.17, 15) is 26.4 Å². The Balaban J connectivity index is 1.41. The Labute approximate surface area is 269 Å². The number of nitrogens with one attached hydrogen (secondary N) is 1. The van der Waals surface area contributed by atoms with E-state index in [4.69, 9.17) is 16.6 Å². The normalized spacial score (nSPS) is 19.8. The van der Waals surface area contributed by atoms with E-state index in [0.717, 1.165) is 12.3 Å². The van der Waals surface area contributed by atoms with E-state index in [-0.39, 0.29) is 45.5 Å². The number of alkyl halides is 3. The van der Waals surface area contributed by atoms with E-state index in [1.54, 1.807) is 5.38 Å². The first kappa shape index (κ1) is 31.8. The van der Waals surface area contributed by atoms with Gasteiger partial charge in [-0.2, -0.15) is 13.9 Å². The van der Waals surface area contributed by atoms with Gasteiger partial charge in [0.1, 0.15) is 17.5 Å². The van der Waals surface area contributed by atoms with Crippen LogP contribution in [0, 0.1) is 5.82 Å². The number of fused-ring (bicyclic) bond motifs is 1. The molecule has 46 heavy (non-hydrogen) atoms. The zero-order valence-corrected chi connectivity index (χ0v) is 26.1. The van der Waals surface area contributed by atoms with Gasteiger partial charge in [-0.3, -0.25) is 4.99 Å². The van der Waals surface area contributed by atoms with Gasteiger partial charge < -0.3 is 9.64 Å². The smallest absolute Gasteiger partial charge is 0.337 e. The second kappa shape index (κ2) is 12.2. The number of aromatic nitrogens is 3. The minimum absolute atomic E-state index is 0.00238. The number of rotatable bonds is 9. The molecule has 0 amide bonds. The molecular formula is C29H23ClF4N6O4S2. The van der Waals surface area contributed by atoms with Gasteiger partial charge in [0.2, 0.25) is 10.0 Å².